The number of carbonyl (C=O) groups excluding carboxylic acids is 3. The molecule has 4 amide bonds. The van der Waals surface area contributed by atoms with Crippen molar-refractivity contribution in [3.63, 3.8) is 0 Å². The Bertz CT molecular complexity index is 293. The second-order valence-electron chi connectivity index (χ2n) is 3.12. The van der Waals surface area contributed by atoms with Crippen LogP contribution in [0.4, 0.5) is 4.79 Å². The van der Waals surface area contributed by atoms with Crippen LogP contribution < -0.4 is 0 Å². The maximum Gasteiger partial charge on any atom is 0.333 e. The van der Waals surface area contributed by atoms with Crippen molar-refractivity contribution in [2.45, 2.75) is 13.8 Å². The lowest BCUT2D eigenvalue weighted by Crippen LogP contribution is -2.47. The van der Waals surface area contributed by atoms with Crippen molar-refractivity contribution >= 4 is 17.8 Å². The second kappa shape index (κ2) is 6.55. The lowest BCUT2D eigenvalue weighted by Gasteiger charge is -2.24. The first kappa shape index (κ1) is 14.1. The summed E-state index contributed by atoms with van der Waals surface area (Å²) in [5.41, 5.74) is 0. The molecule has 0 aliphatic carbocycles. The number of amides is 4. The molecule has 0 aromatic carbocycles. The summed E-state index contributed by atoms with van der Waals surface area (Å²) in [6, 6.07) is -0.653. The monoisotopic (exact) mass is 224 g/mol. The van der Waals surface area contributed by atoms with Crippen molar-refractivity contribution in [3.8, 4) is 0 Å². The fourth-order valence-corrected chi connectivity index (χ4v) is 1.09. The molecule has 0 aromatic heterocycles. The molecule has 0 atom stereocenters. The fraction of sp³-hybridized carbons (Fsp3) is 0.364. The van der Waals surface area contributed by atoms with E-state index in [1.165, 1.54) is 26.0 Å². The molecule has 0 rings (SSSR count). The number of rotatable bonds is 4. The van der Waals surface area contributed by atoms with Crippen LogP contribution in [0.2, 0.25) is 0 Å². The SMILES string of the molecule is C=CCN(C(C)=O)C(=O)N(CC=C)C(C)=O. The Morgan fingerprint density at radius 2 is 1.25 bits per heavy atom. The lowest BCUT2D eigenvalue weighted by molar-refractivity contribution is -0.128. The molecule has 0 fully saturated rings. The van der Waals surface area contributed by atoms with Gasteiger partial charge in [0, 0.05) is 26.9 Å². The second-order valence-corrected chi connectivity index (χ2v) is 3.12. The zero-order valence-corrected chi connectivity index (χ0v) is 9.60. The average Bonchev–Trinajstić information content (AvgIpc) is 2.20. The molecule has 5 nitrogen and oxygen atoms in total. The van der Waals surface area contributed by atoms with Gasteiger partial charge >= 0.3 is 6.03 Å². The first-order valence-electron chi connectivity index (χ1n) is 4.77. The van der Waals surface area contributed by atoms with E-state index in [1.807, 2.05) is 0 Å². The topological polar surface area (TPSA) is 57.7 Å². The molecule has 5 heteroatoms. The largest absolute Gasteiger partial charge is 0.333 e. The minimum Gasteiger partial charge on any atom is -0.275 e. The molecular formula is C11H16N2O3. The molecule has 0 aromatic rings. The van der Waals surface area contributed by atoms with Gasteiger partial charge in [-0.3, -0.25) is 19.4 Å². The van der Waals surface area contributed by atoms with Crippen LogP contribution in [0, 0.1) is 0 Å². The van der Waals surface area contributed by atoms with Gasteiger partial charge in [0.15, 0.2) is 0 Å². The van der Waals surface area contributed by atoms with Crippen LogP contribution in [0.3, 0.4) is 0 Å². The van der Waals surface area contributed by atoms with E-state index in [4.69, 9.17) is 0 Å². The van der Waals surface area contributed by atoms with Crippen molar-refractivity contribution in [1.29, 1.82) is 0 Å². The molecule has 0 aliphatic rings. The van der Waals surface area contributed by atoms with E-state index in [1.54, 1.807) is 0 Å². The van der Waals surface area contributed by atoms with Gasteiger partial charge in [0.05, 0.1) is 0 Å². The van der Waals surface area contributed by atoms with Gasteiger partial charge in [-0.25, -0.2) is 4.79 Å². The van der Waals surface area contributed by atoms with Gasteiger partial charge in [0.1, 0.15) is 0 Å². The molecular weight excluding hydrogens is 208 g/mol. The third-order valence-electron chi connectivity index (χ3n) is 1.85. The molecule has 0 radical (unpaired) electrons. The van der Waals surface area contributed by atoms with Crippen LogP contribution in [0.25, 0.3) is 0 Å². The van der Waals surface area contributed by atoms with Gasteiger partial charge in [-0.05, 0) is 0 Å². The summed E-state index contributed by atoms with van der Waals surface area (Å²) in [6.45, 7) is 9.56. The van der Waals surface area contributed by atoms with E-state index in [-0.39, 0.29) is 13.1 Å². The number of nitrogens with zero attached hydrogens (tertiary/aromatic N) is 2. The van der Waals surface area contributed by atoms with Gasteiger partial charge in [-0.2, -0.15) is 0 Å². The predicted octanol–water partition coefficient (Wildman–Crippen LogP) is 1.18. The third-order valence-corrected chi connectivity index (χ3v) is 1.85. The van der Waals surface area contributed by atoms with Gasteiger partial charge in [0.2, 0.25) is 11.8 Å². The molecule has 0 spiro atoms. The van der Waals surface area contributed by atoms with Crippen molar-refractivity contribution in [2.75, 3.05) is 13.1 Å². The van der Waals surface area contributed by atoms with Gasteiger partial charge in [-0.1, -0.05) is 12.2 Å². The maximum absolute atomic E-state index is 11.8. The minimum absolute atomic E-state index is 0.0785. The standard InChI is InChI=1S/C11H16N2O3/c1-5-7-12(9(3)14)11(16)13(8-6-2)10(4)15/h5-6H,1-2,7-8H2,3-4H3. The van der Waals surface area contributed by atoms with Gasteiger partial charge in [-0.15, -0.1) is 13.2 Å². The summed E-state index contributed by atoms with van der Waals surface area (Å²) in [4.78, 5) is 36.1. The highest BCUT2D eigenvalue weighted by atomic mass is 16.2. The first-order valence-corrected chi connectivity index (χ1v) is 4.77. The van der Waals surface area contributed by atoms with Crippen molar-refractivity contribution in [3.05, 3.63) is 25.3 Å². The molecule has 0 saturated heterocycles. The molecule has 0 unspecified atom stereocenters. The van der Waals surface area contributed by atoms with Crippen molar-refractivity contribution < 1.29 is 14.4 Å². The Balaban J connectivity index is 4.93. The Labute approximate surface area is 95.0 Å². The van der Waals surface area contributed by atoms with Crippen LogP contribution in [-0.4, -0.2) is 40.7 Å². The summed E-state index contributed by atoms with van der Waals surface area (Å²) in [5, 5.41) is 0. The Hall–Kier alpha value is -1.91. The number of carbonyl (C=O) groups is 3. The molecule has 88 valence electrons. The first-order chi connectivity index (χ1) is 7.45. The number of hydrogen-bond donors (Lipinski definition) is 0. The number of urea groups is 1. The van der Waals surface area contributed by atoms with E-state index >= 15 is 0 Å². The summed E-state index contributed by atoms with van der Waals surface area (Å²) in [7, 11) is 0. The minimum atomic E-state index is -0.653. The highest BCUT2D eigenvalue weighted by Gasteiger charge is 2.24. The lowest BCUT2D eigenvalue weighted by atomic mass is 10.4. The van der Waals surface area contributed by atoms with Crippen LogP contribution in [0.5, 0.6) is 0 Å². The zero-order chi connectivity index (χ0) is 12.7. The van der Waals surface area contributed by atoms with Crippen molar-refractivity contribution in [1.82, 2.24) is 9.80 Å². The van der Waals surface area contributed by atoms with Crippen molar-refractivity contribution in [2.24, 2.45) is 0 Å². The molecule has 0 aliphatic heterocycles. The molecule has 0 bridgehead atoms. The van der Waals surface area contributed by atoms with Crippen LogP contribution >= 0.6 is 0 Å². The van der Waals surface area contributed by atoms with Gasteiger partial charge in [0.25, 0.3) is 0 Å². The van der Waals surface area contributed by atoms with Crippen LogP contribution in [0.1, 0.15) is 13.8 Å². The summed E-state index contributed by atoms with van der Waals surface area (Å²) in [6.07, 6.45) is 2.84. The van der Waals surface area contributed by atoms with E-state index in [2.05, 4.69) is 13.2 Å². The smallest absolute Gasteiger partial charge is 0.275 e. The van der Waals surface area contributed by atoms with Crippen LogP contribution in [-0.2, 0) is 9.59 Å². The quantitative estimate of drug-likeness (QED) is 0.674. The number of hydrogen-bond acceptors (Lipinski definition) is 3. The van der Waals surface area contributed by atoms with Crippen LogP contribution in [0.15, 0.2) is 25.3 Å². The Morgan fingerprint density at radius 3 is 1.44 bits per heavy atom. The highest BCUT2D eigenvalue weighted by molar-refractivity contribution is 6.01. The highest BCUT2D eigenvalue weighted by Crippen LogP contribution is 2.01. The third kappa shape index (κ3) is 3.68. The van der Waals surface area contributed by atoms with E-state index < -0.39 is 17.8 Å². The predicted molar refractivity (Wildman–Crippen MR) is 60.6 cm³/mol. The van der Waals surface area contributed by atoms with Gasteiger partial charge < -0.3 is 0 Å². The molecule has 16 heavy (non-hydrogen) atoms. The summed E-state index contributed by atoms with van der Waals surface area (Å²) in [5.74, 6) is -0.861. The molecule has 0 saturated carbocycles. The molecule has 0 N–H and O–H groups in total. The Kier molecular flexibility index (Phi) is 5.77. The average molecular weight is 224 g/mol. The normalized spacial score (nSPS) is 9.12. The summed E-state index contributed by atoms with van der Waals surface area (Å²) < 4.78 is 0. The summed E-state index contributed by atoms with van der Waals surface area (Å²) >= 11 is 0. The van der Waals surface area contributed by atoms with E-state index in [0.29, 0.717) is 0 Å². The maximum atomic E-state index is 11.8. The van der Waals surface area contributed by atoms with E-state index in [9.17, 15) is 14.4 Å². The zero-order valence-electron chi connectivity index (χ0n) is 9.60. The number of imide groups is 2. The molecule has 0 heterocycles. The van der Waals surface area contributed by atoms with E-state index in [0.717, 1.165) is 9.80 Å². The fourth-order valence-electron chi connectivity index (χ4n) is 1.09. The Morgan fingerprint density at radius 1 is 0.938 bits per heavy atom.